The van der Waals surface area contributed by atoms with Crippen LogP contribution in [0, 0.1) is 6.92 Å². The number of hydrogen-bond donors (Lipinski definition) is 2. The Morgan fingerprint density at radius 1 is 1.38 bits per heavy atom. The Morgan fingerprint density at radius 2 is 2.12 bits per heavy atom. The standard InChI is InChI=1S/C16H18N4O4/c1-10-18-14(24-19-10)13-6-7-20(9-13)16(23)17-8-11-2-4-12(5-3-11)15(21)22/h2-5,13H,6-9H2,1H3,(H,17,23)(H,21,22). The fourth-order valence-corrected chi connectivity index (χ4v) is 2.68. The lowest BCUT2D eigenvalue weighted by atomic mass is 10.1. The number of carboxylic acids is 1. The Labute approximate surface area is 138 Å². The number of carboxylic acid groups (broad SMARTS) is 1. The van der Waals surface area contributed by atoms with E-state index in [4.69, 9.17) is 9.63 Å². The van der Waals surface area contributed by atoms with Crippen molar-refractivity contribution in [2.24, 2.45) is 0 Å². The van der Waals surface area contributed by atoms with Crippen LogP contribution in [0.2, 0.25) is 0 Å². The number of aryl methyl sites for hydroxylation is 1. The van der Waals surface area contributed by atoms with E-state index in [1.807, 2.05) is 0 Å². The lowest BCUT2D eigenvalue weighted by Gasteiger charge is -2.16. The third kappa shape index (κ3) is 3.53. The molecule has 1 aliphatic rings. The molecule has 1 fully saturated rings. The number of amides is 2. The number of carbonyl (C=O) groups is 2. The molecule has 126 valence electrons. The van der Waals surface area contributed by atoms with Crippen LogP contribution >= 0.6 is 0 Å². The van der Waals surface area contributed by atoms with Crippen LogP contribution in [0.15, 0.2) is 28.8 Å². The average Bonchev–Trinajstić information content (AvgIpc) is 3.22. The predicted octanol–water partition coefficient (Wildman–Crippen LogP) is 1.78. The minimum absolute atomic E-state index is 0.0757. The molecule has 2 heterocycles. The highest BCUT2D eigenvalue weighted by Crippen LogP contribution is 2.25. The third-order valence-electron chi connectivity index (χ3n) is 4.01. The van der Waals surface area contributed by atoms with Crippen LogP contribution in [-0.4, -0.2) is 45.2 Å². The minimum atomic E-state index is -0.968. The molecule has 3 rings (SSSR count). The first-order valence-electron chi connectivity index (χ1n) is 7.68. The lowest BCUT2D eigenvalue weighted by Crippen LogP contribution is -2.37. The highest BCUT2D eigenvalue weighted by atomic mass is 16.5. The Bertz CT molecular complexity index is 741. The number of aromatic nitrogens is 2. The number of aromatic carboxylic acids is 1. The van der Waals surface area contributed by atoms with Gasteiger partial charge in [-0.25, -0.2) is 9.59 Å². The molecule has 2 N–H and O–H groups in total. The zero-order valence-corrected chi connectivity index (χ0v) is 13.2. The quantitative estimate of drug-likeness (QED) is 0.884. The molecule has 2 aromatic rings. The molecule has 1 saturated heterocycles. The van der Waals surface area contributed by atoms with Gasteiger partial charge in [0.1, 0.15) is 0 Å². The molecule has 0 spiro atoms. The summed E-state index contributed by atoms with van der Waals surface area (Å²) in [4.78, 5) is 29.0. The Kier molecular flexibility index (Phi) is 4.45. The molecular weight excluding hydrogens is 312 g/mol. The summed E-state index contributed by atoms with van der Waals surface area (Å²) in [7, 11) is 0. The van der Waals surface area contributed by atoms with Gasteiger partial charge in [0, 0.05) is 19.6 Å². The van der Waals surface area contributed by atoms with Crippen molar-refractivity contribution in [3.8, 4) is 0 Å². The van der Waals surface area contributed by atoms with Gasteiger partial charge in [0.05, 0.1) is 11.5 Å². The largest absolute Gasteiger partial charge is 0.478 e. The molecule has 0 aliphatic carbocycles. The zero-order chi connectivity index (χ0) is 17.1. The van der Waals surface area contributed by atoms with E-state index >= 15 is 0 Å². The van der Waals surface area contributed by atoms with Gasteiger partial charge in [-0.2, -0.15) is 4.98 Å². The van der Waals surface area contributed by atoms with E-state index in [0.717, 1.165) is 12.0 Å². The smallest absolute Gasteiger partial charge is 0.335 e. The van der Waals surface area contributed by atoms with Crippen molar-refractivity contribution in [2.75, 3.05) is 13.1 Å². The molecule has 1 aromatic carbocycles. The molecule has 0 radical (unpaired) electrons. The first-order chi connectivity index (χ1) is 11.5. The van der Waals surface area contributed by atoms with Gasteiger partial charge in [0.2, 0.25) is 5.89 Å². The van der Waals surface area contributed by atoms with Crippen LogP contribution in [0.1, 0.15) is 40.0 Å². The molecule has 8 heteroatoms. The van der Waals surface area contributed by atoms with E-state index in [0.29, 0.717) is 31.3 Å². The number of nitrogens with one attached hydrogen (secondary N) is 1. The Balaban J connectivity index is 1.51. The van der Waals surface area contributed by atoms with Gasteiger partial charge in [-0.05, 0) is 31.0 Å². The first kappa shape index (κ1) is 16.0. The fourth-order valence-electron chi connectivity index (χ4n) is 2.68. The summed E-state index contributed by atoms with van der Waals surface area (Å²) in [5.74, 6) is 0.279. The zero-order valence-electron chi connectivity index (χ0n) is 13.2. The summed E-state index contributed by atoms with van der Waals surface area (Å²) in [6.07, 6.45) is 0.794. The van der Waals surface area contributed by atoms with E-state index in [-0.39, 0.29) is 17.5 Å². The van der Waals surface area contributed by atoms with E-state index in [9.17, 15) is 9.59 Å². The summed E-state index contributed by atoms with van der Waals surface area (Å²) in [6.45, 7) is 3.29. The summed E-state index contributed by atoms with van der Waals surface area (Å²) in [6, 6.07) is 6.27. The first-order valence-corrected chi connectivity index (χ1v) is 7.68. The van der Waals surface area contributed by atoms with Crippen LogP contribution in [0.3, 0.4) is 0 Å². The van der Waals surface area contributed by atoms with Gasteiger partial charge in [-0.3, -0.25) is 0 Å². The Morgan fingerprint density at radius 3 is 2.75 bits per heavy atom. The maximum atomic E-state index is 12.2. The van der Waals surface area contributed by atoms with Gasteiger partial charge >= 0.3 is 12.0 Å². The number of urea groups is 1. The second-order valence-corrected chi connectivity index (χ2v) is 5.77. The number of nitrogens with zero attached hydrogens (tertiary/aromatic N) is 3. The molecule has 0 bridgehead atoms. The second-order valence-electron chi connectivity index (χ2n) is 5.77. The third-order valence-corrected chi connectivity index (χ3v) is 4.01. The molecule has 8 nitrogen and oxygen atoms in total. The van der Waals surface area contributed by atoms with E-state index in [1.165, 1.54) is 12.1 Å². The van der Waals surface area contributed by atoms with Crippen molar-refractivity contribution in [3.05, 3.63) is 47.1 Å². The van der Waals surface area contributed by atoms with Crippen LogP contribution in [0.25, 0.3) is 0 Å². The van der Waals surface area contributed by atoms with Crippen molar-refractivity contribution in [1.29, 1.82) is 0 Å². The highest BCUT2D eigenvalue weighted by molar-refractivity contribution is 5.87. The minimum Gasteiger partial charge on any atom is -0.478 e. The van der Waals surface area contributed by atoms with Crippen LogP contribution in [-0.2, 0) is 6.54 Å². The van der Waals surface area contributed by atoms with E-state index in [2.05, 4.69) is 15.5 Å². The van der Waals surface area contributed by atoms with Crippen molar-refractivity contribution in [2.45, 2.75) is 25.8 Å². The topological polar surface area (TPSA) is 109 Å². The predicted molar refractivity (Wildman–Crippen MR) is 83.6 cm³/mol. The number of carbonyl (C=O) groups excluding carboxylic acids is 1. The molecule has 0 saturated carbocycles. The molecule has 1 aliphatic heterocycles. The molecule has 1 atom stereocenters. The maximum absolute atomic E-state index is 12.2. The van der Waals surface area contributed by atoms with Crippen molar-refractivity contribution < 1.29 is 19.2 Å². The summed E-state index contributed by atoms with van der Waals surface area (Å²) < 4.78 is 5.17. The van der Waals surface area contributed by atoms with Gasteiger partial charge in [-0.1, -0.05) is 17.3 Å². The van der Waals surface area contributed by atoms with Crippen molar-refractivity contribution in [3.63, 3.8) is 0 Å². The molecule has 2 amide bonds. The fraction of sp³-hybridized carbons (Fsp3) is 0.375. The SMILES string of the molecule is Cc1noc(C2CCN(C(=O)NCc3ccc(C(=O)O)cc3)C2)n1. The van der Waals surface area contributed by atoms with Gasteiger partial charge in [0.15, 0.2) is 5.82 Å². The lowest BCUT2D eigenvalue weighted by molar-refractivity contribution is 0.0697. The Hall–Kier alpha value is -2.90. The van der Waals surface area contributed by atoms with Crippen LogP contribution in [0.4, 0.5) is 4.79 Å². The summed E-state index contributed by atoms with van der Waals surface area (Å²) in [5.41, 5.74) is 1.07. The van der Waals surface area contributed by atoms with Gasteiger partial charge in [0.25, 0.3) is 0 Å². The second kappa shape index (κ2) is 6.69. The molecule has 24 heavy (non-hydrogen) atoms. The molecular formula is C16H18N4O4. The number of rotatable bonds is 4. The maximum Gasteiger partial charge on any atom is 0.335 e. The monoisotopic (exact) mass is 330 g/mol. The van der Waals surface area contributed by atoms with E-state index in [1.54, 1.807) is 24.0 Å². The van der Waals surface area contributed by atoms with Crippen molar-refractivity contribution >= 4 is 12.0 Å². The normalized spacial score (nSPS) is 17.0. The van der Waals surface area contributed by atoms with Crippen molar-refractivity contribution in [1.82, 2.24) is 20.4 Å². The number of benzene rings is 1. The summed E-state index contributed by atoms with van der Waals surface area (Å²) >= 11 is 0. The van der Waals surface area contributed by atoms with Gasteiger partial charge in [-0.15, -0.1) is 0 Å². The number of likely N-dealkylation sites (tertiary alicyclic amines) is 1. The van der Waals surface area contributed by atoms with Gasteiger partial charge < -0.3 is 19.8 Å². The van der Waals surface area contributed by atoms with Crippen LogP contribution in [0.5, 0.6) is 0 Å². The average molecular weight is 330 g/mol. The highest BCUT2D eigenvalue weighted by Gasteiger charge is 2.30. The van der Waals surface area contributed by atoms with Crippen LogP contribution < -0.4 is 5.32 Å². The summed E-state index contributed by atoms with van der Waals surface area (Å²) in [5, 5.41) is 15.5. The number of hydrogen-bond acceptors (Lipinski definition) is 5. The molecule has 1 aromatic heterocycles. The molecule has 1 unspecified atom stereocenters. The van der Waals surface area contributed by atoms with E-state index < -0.39 is 5.97 Å².